The summed E-state index contributed by atoms with van der Waals surface area (Å²) in [7, 11) is 0. The monoisotopic (exact) mass is 515 g/mol. The number of imidazole rings is 2. The van der Waals surface area contributed by atoms with Crippen LogP contribution in [0.15, 0.2) is 49.1 Å². The van der Waals surface area contributed by atoms with Crippen LogP contribution in [0.3, 0.4) is 0 Å². The number of benzene rings is 1. The number of piperidine rings is 1. The van der Waals surface area contributed by atoms with Crippen molar-refractivity contribution in [2.24, 2.45) is 5.41 Å². The van der Waals surface area contributed by atoms with E-state index < -0.39 is 0 Å². The lowest BCUT2D eigenvalue weighted by Crippen LogP contribution is -2.46. The average Bonchev–Trinajstić information content (AvgIpc) is 3.74. The number of carbonyl (C=O) groups is 1. The summed E-state index contributed by atoms with van der Waals surface area (Å²) in [5.41, 5.74) is 2.98. The molecule has 202 valence electrons. The van der Waals surface area contributed by atoms with Crippen LogP contribution < -0.4 is 0 Å². The van der Waals surface area contributed by atoms with Crippen molar-refractivity contribution >= 4 is 5.91 Å². The Hall–Kier alpha value is -2.97. The third-order valence-corrected chi connectivity index (χ3v) is 9.15. The van der Waals surface area contributed by atoms with E-state index in [0.717, 1.165) is 24.0 Å². The number of amides is 1. The molecule has 8 nitrogen and oxygen atoms in total. The van der Waals surface area contributed by atoms with Gasteiger partial charge in [0.1, 0.15) is 5.82 Å². The zero-order valence-corrected chi connectivity index (χ0v) is 22.4. The van der Waals surface area contributed by atoms with Crippen molar-refractivity contribution in [2.45, 2.75) is 77.0 Å². The third-order valence-electron chi connectivity index (χ3n) is 9.15. The van der Waals surface area contributed by atoms with E-state index in [2.05, 4.69) is 54.0 Å². The molecule has 2 saturated heterocycles. The average molecular weight is 516 g/mol. The van der Waals surface area contributed by atoms with Crippen molar-refractivity contribution in [3.8, 4) is 0 Å². The molecule has 4 heterocycles. The lowest BCUT2D eigenvalue weighted by molar-refractivity contribution is 0.0615. The first-order valence-corrected chi connectivity index (χ1v) is 14.5. The molecule has 8 heteroatoms. The number of aromatic nitrogens is 4. The van der Waals surface area contributed by atoms with Gasteiger partial charge in [0, 0.05) is 50.5 Å². The molecular weight excluding hydrogens is 474 g/mol. The molecule has 0 atom stereocenters. The van der Waals surface area contributed by atoms with Gasteiger partial charge in [-0.05, 0) is 68.3 Å². The summed E-state index contributed by atoms with van der Waals surface area (Å²) in [6.45, 7) is 6.97. The Morgan fingerprint density at radius 1 is 0.895 bits per heavy atom. The lowest BCUT2D eigenvalue weighted by Gasteiger charge is -2.43. The number of aromatic amines is 2. The third kappa shape index (κ3) is 5.86. The summed E-state index contributed by atoms with van der Waals surface area (Å²) >= 11 is 0. The van der Waals surface area contributed by atoms with Crippen LogP contribution in [0, 0.1) is 5.41 Å². The molecule has 0 radical (unpaired) electrons. The second kappa shape index (κ2) is 11.4. The second-order valence-corrected chi connectivity index (χ2v) is 11.7. The topological polar surface area (TPSA) is 84.2 Å². The SMILES string of the molecule is O=C(c1ncc[nH]1)N(Cc1ccc(CN2CCC3(CCN(C4CCCCC4)CC3)C2)cc1)Cc1ncc[nH]1. The van der Waals surface area contributed by atoms with Crippen molar-refractivity contribution in [3.05, 3.63) is 71.8 Å². The van der Waals surface area contributed by atoms with E-state index in [1.807, 2.05) is 0 Å². The Kier molecular flexibility index (Phi) is 7.60. The molecule has 1 aromatic carbocycles. The smallest absolute Gasteiger partial charge is 0.290 e. The molecule has 1 aliphatic carbocycles. The minimum Gasteiger partial charge on any atom is -0.347 e. The quantitative estimate of drug-likeness (QED) is 0.458. The highest BCUT2D eigenvalue weighted by Gasteiger charge is 2.41. The fourth-order valence-electron chi connectivity index (χ4n) is 6.91. The van der Waals surface area contributed by atoms with Gasteiger partial charge in [-0.15, -0.1) is 0 Å². The fraction of sp³-hybridized carbons (Fsp3) is 0.567. The maximum atomic E-state index is 13.1. The van der Waals surface area contributed by atoms with Crippen LogP contribution in [0.5, 0.6) is 0 Å². The molecule has 3 aliphatic rings. The number of hydrogen-bond donors (Lipinski definition) is 2. The number of H-pyrrole nitrogens is 2. The molecule has 0 bridgehead atoms. The highest BCUT2D eigenvalue weighted by molar-refractivity contribution is 5.90. The number of nitrogens with one attached hydrogen (secondary N) is 2. The lowest BCUT2D eigenvalue weighted by atomic mass is 9.77. The standard InChI is InChI=1S/C30H41N7O/c38-29(28-33-15-16-34-28)37(22-27-31-13-14-32-27)21-25-8-6-24(7-9-25)20-35-17-10-30(23-35)11-18-36(19-12-30)26-4-2-1-3-5-26/h6-9,13-16,26H,1-5,10-12,17-23H2,(H,31,32)(H,33,34). The number of likely N-dealkylation sites (tertiary alicyclic amines) is 2. The second-order valence-electron chi connectivity index (χ2n) is 11.7. The maximum absolute atomic E-state index is 13.1. The predicted molar refractivity (Wildman–Crippen MR) is 147 cm³/mol. The van der Waals surface area contributed by atoms with Crippen LogP contribution in [0.25, 0.3) is 0 Å². The highest BCUT2D eigenvalue weighted by Crippen LogP contribution is 2.42. The summed E-state index contributed by atoms with van der Waals surface area (Å²) in [4.78, 5) is 34.8. The van der Waals surface area contributed by atoms with Gasteiger partial charge < -0.3 is 19.8 Å². The molecule has 2 aromatic heterocycles. The Balaban J connectivity index is 1.03. The van der Waals surface area contributed by atoms with Gasteiger partial charge in [-0.3, -0.25) is 9.69 Å². The largest absolute Gasteiger partial charge is 0.347 e. The van der Waals surface area contributed by atoms with Crippen LogP contribution in [-0.4, -0.2) is 72.8 Å². The Labute approximate surface area is 225 Å². The molecule has 38 heavy (non-hydrogen) atoms. The van der Waals surface area contributed by atoms with Crippen molar-refractivity contribution in [1.29, 1.82) is 0 Å². The highest BCUT2D eigenvalue weighted by atomic mass is 16.2. The molecule has 1 amide bonds. The van der Waals surface area contributed by atoms with Crippen LogP contribution in [0.4, 0.5) is 0 Å². The molecule has 2 N–H and O–H groups in total. The summed E-state index contributed by atoms with van der Waals surface area (Å²) in [5.74, 6) is 0.974. The summed E-state index contributed by atoms with van der Waals surface area (Å²) in [5, 5.41) is 0. The molecule has 6 rings (SSSR count). The van der Waals surface area contributed by atoms with Gasteiger partial charge >= 0.3 is 0 Å². The fourth-order valence-corrected chi connectivity index (χ4v) is 6.91. The van der Waals surface area contributed by atoms with Gasteiger partial charge in [0.2, 0.25) is 0 Å². The first-order chi connectivity index (χ1) is 18.7. The first kappa shape index (κ1) is 25.3. The first-order valence-electron chi connectivity index (χ1n) is 14.5. The maximum Gasteiger partial charge on any atom is 0.290 e. The predicted octanol–water partition coefficient (Wildman–Crippen LogP) is 4.60. The summed E-state index contributed by atoms with van der Waals surface area (Å²) < 4.78 is 0. The zero-order chi connectivity index (χ0) is 25.8. The van der Waals surface area contributed by atoms with Crippen LogP contribution >= 0.6 is 0 Å². The van der Waals surface area contributed by atoms with E-state index in [-0.39, 0.29) is 5.91 Å². The number of hydrogen-bond acceptors (Lipinski definition) is 5. The van der Waals surface area contributed by atoms with Gasteiger partial charge in [-0.1, -0.05) is 43.5 Å². The number of carbonyl (C=O) groups excluding carboxylic acids is 1. The minimum absolute atomic E-state index is 0.132. The molecule has 2 aliphatic heterocycles. The van der Waals surface area contributed by atoms with Crippen LogP contribution in [-0.2, 0) is 19.6 Å². The number of rotatable bonds is 8. The van der Waals surface area contributed by atoms with E-state index in [0.29, 0.717) is 24.3 Å². The van der Waals surface area contributed by atoms with Gasteiger partial charge in [-0.2, -0.15) is 0 Å². The summed E-state index contributed by atoms with van der Waals surface area (Å²) in [6, 6.07) is 9.65. The van der Waals surface area contributed by atoms with Crippen LogP contribution in [0.1, 0.15) is 78.9 Å². The zero-order valence-electron chi connectivity index (χ0n) is 22.4. The van der Waals surface area contributed by atoms with E-state index in [4.69, 9.17) is 0 Å². The molecule has 1 spiro atoms. The van der Waals surface area contributed by atoms with Crippen molar-refractivity contribution in [2.75, 3.05) is 26.2 Å². The normalized spacial score (nSPS) is 20.7. The van der Waals surface area contributed by atoms with Crippen molar-refractivity contribution < 1.29 is 4.79 Å². The van der Waals surface area contributed by atoms with E-state index in [1.165, 1.54) is 83.1 Å². The molecule has 3 fully saturated rings. The van der Waals surface area contributed by atoms with Gasteiger partial charge in [-0.25, -0.2) is 9.97 Å². The Morgan fingerprint density at radius 3 is 2.32 bits per heavy atom. The molecular formula is C30H41N7O. The number of nitrogens with zero attached hydrogens (tertiary/aromatic N) is 5. The Bertz CT molecular complexity index is 1140. The van der Waals surface area contributed by atoms with Crippen molar-refractivity contribution in [3.63, 3.8) is 0 Å². The van der Waals surface area contributed by atoms with Gasteiger partial charge in [0.25, 0.3) is 5.91 Å². The molecule has 1 saturated carbocycles. The van der Waals surface area contributed by atoms with Gasteiger partial charge in [0.05, 0.1) is 6.54 Å². The van der Waals surface area contributed by atoms with Crippen LogP contribution in [0.2, 0.25) is 0 Å². The summed E-state index contributed by atoms with van der Waals surface area (Å²) in [6.07, 6.45) is 18.0. The van der Waals surface area contributed by atoms with Gasteiger partial charge in [0.15, 0.2) is 5.82 Å². The Morgan fingerprint density at radius 2 is 1.61 bits per heavy atom. The van der Waals surface area contributed by atoms with E-state index >= 15 is 0 Å². The molecule has 0 unspecified atom stereocenters. The van der Waals surface area contributed by atoms with E-state index in [1.54, 1.807) is 29.7 Å². The van der Waals surface area contributed by atoms with Crippen molar-refractivity contribution in [1.82, 2.24) is 34.6 Å². The minimum atomic E-state index is -0.132. The van der Waals surface area contributed by atoms with E-state index in [9.17, 15) is 4.79 Å². The molecule has 3 aromatic rings.